The fourth-order valence-corrected chi connectivity index (χ4v) is 2.28. The Labute approximate surface area is 109 Å². The van der Waals surface area contributed by atoms with Crippen LogP contribution in [0.2, 0.25) is 0 Å². The monoisotopic (exact) mass is 265 g/mol. The van der Waals surface area contributed by atoms with Gasteiger partial charge in [0.05, 0.1) is 24.3 Å². The van der Waals surface area contributed by atoms with Gasteiger partial charge in [0.25, 0.3) is 0 Å². The van der Waals surface area contributed by atoms with E-state index in [2.05, 4.69) is 25.8 Å². The van der Waals surface area contributed by atoms with Crippen LogP contribution in [0.1, 0.15) is 29.3 Å². The van der Waals surface area contributed by atoms with Gasteiger partial charge in [0, 0.05) is 10.9 Å². The minimum Gasteiger partial charge on any atom is -0.407 e. The van der Waals surface area contributed by atoms with Gasteiger partial charge in [-0.05, 0) is 19.8 Å². The molecule has 7 heteroatoms. The van der Waals surface area contributed by atoms with E-state index in [-0.39, 0.29) is 0 Å². The van der Waals surface area contributed by atoms with E-state index >= 15 is 0 Å². The van der Waals surface area contributed by atoms with Gasteiger partial charge in [-0.15, -0.1) is 16.4 Å². The van der Waals surface area contributed by atoms with Crippen molar-refractivity contribution < 1.29 is 4.42 Å². The highest BCUT2D eigenvalue weighted by Gasteiger charge is 2.21. The van der Waals surface area contributed by atoms with Crippen LogP contribution in [-0.4, -0.2) is 21.2 Å². The van der Waals surface area contributed by atoms with Gasteiger partial charge in [-0.2, -0.15) is 0 Å². The fraction of sp³-hybridized carbons (Fsp3) is 0.545. The highest BCUT2D eigenvalue weighted by Crippen LogP contribution is 2.19. The predicted octanol–water partition coefficient (Wildman–Crippen LogP) is 1.70. The molecule has 3 rings (SSSR count). The zero-order chi connectivity index (χ0) is 12.4. The van der Waals surface area contributed by atoms with Crippen molar-refractivity contribution in [3.63, 3.8) is 0 Å². The first kappa shape index (κ1) is 11.6. The first-order valence-corrected chi connectivity index (χ1v) is 6.88. The maximum Gasteiger partial charge on any atom is 0.315 e. The van der Waals surface area contributed by atoms with Gasteiger partial charge < -0.3 is 15.1 Å². The van der Waals surface area contributed by atoms with Gasteiger partial charge in [0.1, 0.15) is 0 Å². The molecule has 6 nitrogen and oxygen atoms in total. The van der Waals surface area contributed by atoms with E-state index in [9.17, 15) is 0 Å². The van der Waals surface area contributed by atoms with Crippen LogP contribution in [0.5, 0.6) is 0 Å². The van der Waals surface area contributed by atoms with Crippen molar-refractivity contribution in [2.45, 2.75) is 38.9 Å². The summed E-state index contributed by atoms with van der Waals surface area (Å²) in [7, 11) is 0. The molecule has 0 radical (unpaired) electrons. The molecule has 2 N–H and O–H groups in total. The second-order valence-electron chi connectivity index (χ2n) is 4.37. The molecular formula is C11H15N5OS. The molecule has 0 unspecified atom stereocenters. The molecule has 96 valence electrons. The van der Waals surface area contributed by atoms with Gasteiger partial charge >= 0.3 is 6.01 Å². The molecule has 18 heavy (non-hydrogen) atoms. The van der Waals surface area contributed by atoms with Crippen molar-refractivity contribution in [2.24, 2.45) is 0 Å². The van der Waals surface area contributed by atoms with Crippen LogP contribution in [0.15, 0.2) is 9.93 Å². The molecule has 1 aliphatic rings. The van der Waals surface area contributed by atoms with Crippen LogP contribution in [0.4, 0.5) is 6.01 Å². The molecule has 2 heterocycles. The quantitative estimate of drug-likeness (QED) is 0.828. The number of anilines is 1. The molecule has 1 aliphatic carbocycles. The highest BCUT2D eigenvalue weighted by molar-refractivity contribution is 7.09. The molecule has 2 aromatic rings. The predicted molar refractivity (Wildman–Crippen MR) is 68.3 cm³/mol. The van der Waals surface area contributed by atoms with Crippen LogP contribution < -0.4 is 10.6 Å². The second kappa shape index (κ2) is 5.03. The number of nitrogens with zero attached hydrogens (tertiary/aromatic N) is 3. The lowest BCUT2D eigenvalue weighted by atomic mass is 10.4. The average Bonchev–Trinajstić information content (AvgIpc) is 2.94. The number of hydrogen-bond donors (Lipinski definition) is 2. The molecule has 0 amide bonds. The van der Waals surface area contributed by atoms with Crippen molar-refractivity contribution in [3.05, 3.63) is 22.0 Å². The zero-order valence-corrected chi connectivity index (χ0v) is 11.0. The molecule has 0 bridgehead atoms. The Balaban J connectivity index is 1.51. The van der Waals surface area contributed by atoms with Crippen LogP contribution in [-0.2, 0) is 13.1 Å². The van der Waals surface area contributed by atoms with Gasteiger partial charge in [-0.3, -0.25) is 0 Å². The van der Waals surface area contributed by atoms with Crippen LogP contribution in [0.3, 0.4) is 0 Å². The fourth-order valence-electron chi connectivity index (χ4n) is 1.57. The van der Waals surface area contributed by atoms with Crippen molar-refractivity contribution in [1.82, 2.24) is 20.5 Å². The zero-order valence-electron chi connectivity index (χ0n) is 10.1. The molecule has 0 saturated heterocycles. The molecule has 0 aromatic carbocycles. The summed E-state index contributed by atoms with van der Waals surface area (Å²) in [6, 6.07) is 1.11. The summed E-state index contributed by atoms with van der Waals surface area (Å²) in [4.78, 5) is 5.38. The molecule has 1 saturated carbocycles. The van der Waals surface area contributed by atoms with E-state index in [4.69, 9.17) is 4.42 Å². The Morgan fingerprint density at radius 3 is 3.00 bits per heavy atom. The van der Waals surface area contributed by atoms with Crippen LogP contribution in [0.25, 0.3) is 0 Å². The third-order valence-electron chi connectivity index (χ3n) is 2.83. The minimum atomic E-state index is 0.468. The molecule has 1 fully saturated rings. The largest absolute Gasteiger partial charge is 0.407 e. The van der Waals surface area contributed by atoms with Crippen molar-refractivity contribution in [2.75, 3.05) is 5.32 Å². The van der Waals surface area contributed by atoms with Crippen molar-refractivity contribution in [3.8, 4) is 0 Å². The first-order valence-electron chi connectivity index (χ1n) is 6.00. The number of aryl methyl sites for hydroxylation is 1. The van der Waals surface area contributed by atoms with E-state index in [1.165, 1.54) is 17.7 Å². The maximum atomic E-state index is 5.49. The van der Waals surface area contributed by atoms with Gasteiger partial charge in [0.2, 0.25) is 5.89 Å². The Morgan fingerprint density at radius 1 is 1.39 bits per heavy atom. The number of thiazole rings is 1. The summed E-state index contributed by atoms with van der Waals surface area (Å²) in [5.41, 5.74) is 2.88. The lowest BCUT2D eigenvalue weighted by molar-refractivity contribution is 0.476. The van der Waals surface area contributed by atoms with Gasteiger partial charge in [-0.1, -0.05) is 5.10 Å². The summed E-state index contributed by atoms with van der Waals surface area (Å²) < 4.78 is 5.49. The second-order valence-corrected chi connectivity index (χ2v) is 5.31. The van der Waals surface area contributed by atoms with Crippen molar-refractivity contribution in [1.29, 1.82) is 0 Å². The topological polar surface area (TPSA) is 75.9 Å². The Bertz CT molecular complexity index is 519. The summed E-state index contributed by atoms with van der Waals surface area (Å²) in [6.45, 7) is 3.32. The van der Waals surface area contributed by atoms with Gasteiger partial charge in [0.15, 0.2) is 0 Å². The number of aromatic nitrogens is 3. The van der Waals surface area contributed by atoms with E-state index in [1.807, 2.05) is 12.4 Å². The van der Waals surface area contributed by atoms with Crippen LogP contribution in [0, 0.1) is 6.92 Å². The highest BCUT2D eigenvalue weighted by atomic mass is 32.1. The summed E-state index contributed by atoms with van der Waals surface area (Å²) in [5.74, 6) is 0.630. The molecular weight excluding hydrogens is 250 g/mol. The van der Waals surface area contributed by atoms with Crippen molar-refractivity contribution >= 4 is 17.4 Å². The summed E-state index contributed by atoms with van der Waals surface area (Å²) in [6.07, 6.45) is 2.51. The van der Waals surface area contributed by atoms with E-state index in [0.29, 0.717) is 31.0 Å². The Hall–Kier alpha value is -1.47. The normalized spacial score (nSPS) is 14.9. The minimum absolute atomic E-state index is 0.468. The number of nitrogens with one attached hydrogen (secondary N) is 2. The Morgan fingerprint density at radius 2 is 2.28 bits per heavy atom. The molecule has 0 spiro atoms. The standard InChI is InChI=1S/C11H15N5OS/c1-7-9(18-6-14-7)4-13-11-16-15-10(17-11)5-12-8-2-3-8/h6,8,12H,2-5H2,1H3,(H,13,16). The SMILES string of the molecule is Cc1ncsc1CNc1nnc(CNC2CC2)o1. The summed E-state index contributed by atoms with van der Waals surface area (Å²) in [5, 5.41) is 14.4. The lowest BCUT2D eigenvalue weighted by Crippen LogP contribution is -2.15. The van der Waals surface area contributed by atoms with E-state index < -0.39 is 0 Å². The van der Waals surface area contributed by atoms with Crippen LogP contribution >= 0.6 is 11.3 Å². The molecule has 2 aromatic heterocycles. The average molecular weight is 265 g/mol. The molecule has 0 atom stereocenters. The lowest BCUT2D eigenvalue weighted by Gasteiger charge is -1.99. The smallest absolute Gasteiger partial charge is 0.315 e. The maximum absolute atomic E-state index is 5.49. The first-order chi connectivity index (χ1) is 8.81. The number of rotatable bonds is 6. The third kappa shape index (κ3) is 2.85. The third-order valence-corrected chi connectivity index (χ3v) is 3.77. The van der Waals surface area contributed by atoms with E-state index in [0.717, 1.165) is 5.69 Å². The summed E-state index contributed by atoms with van der Waals surface area (Å²) >= 11 is 1.62. The molecule has 0 aliphatic heterocycles. The number of hydrogen-bond acceptors (Lipinski definition) is 7. The van der Waals surface area contributed by atoms with E-state index in [1.54, 1.807) is 11.3 Å². The van der Waals surface area contributed by atoms with Gasteiger partial charge in [-0.25, -0.2) is 4.98 Å². The Kier molecular flexibility index (Phi) is 3.24.